The Balaban J connectivity index is 2.19. The van der Waals surface area contributed by atoms with Gasteiger partial charge in [0.25, 0.3) is 0 Å². The minimum absolute atomic E-state index is 0.213. The number of nitriles is 1. The van der Waals surface area contributed by atoms with Crippen LogP contribution >= 0.6 is 0 Å². The topological polar surface area (TPSA) is 39.9 Å². The lowest BCUT2D eigenvalue weighted by Crippen LogP contribution is -2.31. The van der Waals surface area contributed by atoms with Crippen molar-refractivity contribution in [2.75, 3.05) is 4.90 Å². The van der Waals surface area contributed by atoms with Gasteiger partial charge in [0.2, 0.25) is 0 Å². The second-order valence-corrected chi connectivity index (χ2v) is 6.39. The molecule has 4 heteroatoms. The zero-order chi connectivity index (χ0) is 18.7. The molecule has 3 nitrogen and oxygen atoms in total. The van der Waals surface area contributed by atoms with Crippen molar-refractivity contribution in [1.29, 1.82) is 5.26 Å². The number of anilines is 1. The fourth-order valence-corrected chi connectivity index (χ4v) is 3.11. The summed E-state index contributed by atoms with van der Waals surface area (Å²) in [4.78, 5) is 6.78. The molecule has 0 fully saturated rings. The molecule has 1 aromatic heterocycles. The number of halogens is 1. The summed E-state index contributed by atoms with van der Waals surface area (Å²) >= 11 is 0. The Bertz CT molecular complexity index is 988. The van der Waals surface area contributed by atoms with E-state index in [1.54, 1.807) is 12.1 Å². The molecule has 26 heavy (non-hydrogen) atoms. The average Bonchev–Trinajstić information content (AvgIpc) is 2.65. The van der Waals surface area contributed by atoms with Crippen LogP contribution < -0.4 is 4.90 Å². The van der Waals surface area contributed by atoms with E-state index in [0.717, 1.165) is 11.3 Å². The van der Waals surface area contributed by atoms with E-state index in [1.807, 2.05) is 30.3 Å². The molecule has 0 N–H and O–H groups in total. The third kappa shape index (κ3) is 3.29. The van der Waals surface area contributed by atoms with Crippen LogP contribution in [0.25, 0.3) is 17.0 Å². The van der Waals surface area contributed by atoms with Crippen LogP contribution in [0.3, 0.4) is 0 Å². The molecule has 0 aliphatic heterocycles. The number of nitrogens with zero attached hydrogens (tertiary/aromatic N) is 3. The first-order valence-electron chi connectivity index (χ1n) is 8.51. The fraction of sp³-hybridized carbons (Fsp3) is 0.182. The molecular formula is C22H20FN3. The monoisotopic (exact) mass is 345 g/mol. The van der Waals surface area contributed by atoms with E-state index < -0.39 is 0 Å². The highest BCUT2D eigenvalue weighted by Crippen LogP contribution is 2.28. The molecule has 0 spiro atoms. The summed E-state index contributed by atoms with van der Waals surface area (Å²) in [6, 6.07) is 16.8. The van der Waals surface area contributed by atoms with Gasteiger partial charge in [-0.1, -0.05) is 24.8 Å². The van der Waals surface area contributed by atoms with E-state index in [-0.39, 0.29) is 11.9 Å². The summed E-state index contributed by atoms with van der Waals surface area (Å²) in [7, 11) is 0. The van der Waals surface area contributed by atoms with Crippen molar-refractivity contribution in [2.45, 2.75) is 26.4 Å². The first-order valence-corrected chi connectivity index (χ1v) is 8.51. The van der Waals surface area contributed by atoms with Crippen molar-refractivity contribution in [2.24, 2.45) is 0 Å². The van der Waals surface area contributed by atoms with E-state index >= 15 is 0 Å². The molecule has 0 aliphatic rings. The lowest BCUT2D eigenvalue weighted by molar-refractivity contribution is 0.629. The summed E-state index contributed by atoms with van der Waals surface area (Å²) in [5.41, 5.74) is 3.52. The Morgan fingerprint density at radius 2 is 1.96 bits per heavy atom. The van der Waals surface area contributed by atoms with E-state index in [2.05, 4.69) is 36.4 Å². The van der Waals surface area contributed by atoms with Gasteiger partial charge in [0, 0.05) is 29.2 Å². The van der Waals surface area contributed by atoms with Gasteiger partial charge < -0.3 is 4.90 Å². The number of aromatic nitrogens is 1. The van der Waals surface area contributed by atoms with Crippen LogP contribution in [0.1, 0.15) is 30.7 Å². The maximum atomic E-state index is 13.8. The van der Waals surface area contributed by atoms with Gasteiger partial charge in [0.05, 0.1) is 16.8 Å². The van der Waals surface area contributed by atoms with E-state index in [1.165, 1.54) is 12.1 Å². The molecule has 0 atom stereocenters. The highest BCUT2D eigenvalue weighted by atomic mass is 19.1. The number of hydrogen-bond donors (Lipinski definition) is 0. The minimum atomic E-state index is -0.378. The third-order valence-electron chi connectivity index (χ3n) is 4.42. The predicted molar refractivity (Wildman–Crippen MR) is 104 cm³/mol. The van der Waals surface area contributed by atoms with Gasteiger partial charge in [0.1, 0.15) is 11.9 Å². The van der Waals surface area contributed by atoms with Crippen LogP contribution in [0, 0.1) is 17.1 Å². The lowest BCUT2D eigenvalue weighted by Gasteiger charge is -2.30. The van der Waals surface area contributed by atoms with Crippen molar-refractivity contribution < 1.29 is 4.39 Å². The highest BCUT2D eigenvalue weighted by Gasteiger charge is 2.19. The number of para-hydroxylation sites is 1. The van der Waals surface area contributed by atoms with Gasteiger partial charge in [-0.3, -0.25) is 0 Å². The second-order valence-electron chi connectivity index (χ2n) is 6.39. The summed E-state index contributed by atoms with van der Waals surface area (Å²) < 4.78 is 13.8. The quantitative estimate of drug-likeness (QED) is 0.629. The van der Waals surface area contributed by atoms with Gasteiger partial charge in [-0.15, -0.1) is 0 Å². The molecule has 0 radical (unpaired) electrons. The molecule has 0 saturated heterocycles. The largest absolute Gasteiger partial charge is 0.365 e. The normalized spacial score (nSPS) is 10.7. The highest BCUT2D eigenvalue weighted by molar-refractivity contribution is 5.87. The summed E-state index contributed by atoms with van der Waals surface area (Å²) in [5, 5.41) is 10.3. The van der Waals surface area contributed by atoms with Crippen LogP contribution in [0.5, 0.6) is 0 Å². The molecule has 3 rings (SSSR count). The Labute approximate surface area is 153 Å². The zero-order valence-electron chi connectivity index (χ0n) is 14.9. The summed E-state index contributed by atoms with van der Waals surface area (Å²) in [6.45, 7) is 8.54. The van der Waals surface area contributed by atoms with Crippen molar-refractivity contribution in [3.63, 3.8) is 0 Å². The van der Waals surface area contributed by atoms with Crippen LogP contribution in [0.2, 0.25) is 0 Å². The van der Waals surface area contributed by atoms with Gasteiger partial charge in [-0.05, 0) is 50.3 Å². The number of pyridine rings is 1. The zero-order valence-corrected chi connectivity index (χ0v) is 14.9. The lowest BCUT2D eigenvalue weighted by atomic mass is 9.99. The fourth-order valence-electron chi connectivity index (χ4n) is 3.11. The first kappa shape index (κ1) is 17.6. The molecule has 0 aliphatic carbocycles. The molecule has 2 aromatic carbocycles. The third-order valence-corrected chi connectivity index (χ3v) is 4.42. The Morgan fingerprint density at radius 3 is 2.58 bits per heavy atom. The smallest absolute Gasteiger partial charge is 0.124 e. The van der Waals surface area contributed by atoms with Crippen LogP contribution in [0.15, 0.2) is 55.1 Å². The van der Waals surface area contributed by atoms with E-state index in [9.17, 15) is 9.65 Å². The molecule has 3 aromatic rings. The van der Waals surface area contributed by atoms with E-state index in [0.29, 0.717) is 28.7 Å². The van der Waals surface area contributed by atoms with Crippen molar-refractivity contribution in [3.8, 4) is 6.07 Å². The standard InChI is InChI=1S/C22H20FN3/c1-4-21-20(14-26(15(2)3)17-8-6-5-7-9-17)19(13-24)18-12-16(23)10-11-22(18)25-21/h4-12,15H,1,14H2,2-3H3. The molecule has 1 heterocycles. The van der Waals surface area contributed by atoms with Crippen LogP contribution in [-0.4, -0.2) is 11.0 Å². The number of fused-ring (bicyclic) bond motifs is 1. The number of hydrogen-bond acceptors (Lipinski definition) is 3. The number of benzene rings is 2. The van der Waals surface area contributed by atoms with Gasteiger partial charge in [-0.25, -0.2) is 9.37 Å². The van der Waals surface area contributed by atoms with Crippen molar-refractivity contribution in [3.05, 3.63) is 77.7 Å². The Kier molecular flexibility index (Phi) is 4.99. The summed E-state index contributed by atoms with van der Waals surface area (Å²) in [6.07, 6.45) is 1.66. The molecule has 0 saturated carbocycles. The minimum Gasteiger partial charge on any atom is -0.365 e. The Hall–Kier alpha value is -3.19. The molecule has 0 bridgehead atoms. The number of rotatable bonds is 5. The van der Waals surface area contributed by atoms with Gasteiger partial charge in [0.15, 0.2) is 0 Å². The summed E-state index contributed by atoms with van der Waals surface area (Å²) in [5.74, 6) is -0.378. The van der Waals surface area contributed by atoms with E-state index in [4.69, 9.17) is 0 Å². The van der Waals surface area contributed by atoms with Crippen LogP contribution in [0.4, 0.5) is 10.1 Å². The SMILES string of the molecule is C=Cc1nc2ccc(F)cc2c(C#N)c1CN(c1ccccc1)C(C)C. The first-order chi connectivity index (χ1) is 12.5. The predicted octanol–water partition coefficient (Wildman–Crippen LogP) is 5.30. The van der Waals surface area contributed by atoms with Crippen molar-refractivity contribution in [1.82, 2.24) is 4.98 Å². The maximum Gasteiger partial charge on any atom is 0.124 e. The second kappa shape index (κ2) is 7.37. The molecular weight excluding hydrogens is 325 g/mol. The Morgan fingerprint density at radius 1 is 1.23 bits per heavy atom. The average molecular weight is 345 g/mol. The van der Waals surface area contributed by atoms with Gasteiger partial charge in [-0.2, -0.15) is 5.26 Å². The molecule has 130 valence electrons. The maximum absolute atomic E-state index is 13.8. The van der Waals surface area contributed by atoms with Crippen molar-refractivity contribution >= 4 is 22.7 Å². The van der Waals surface area contributed by atoms with Gasteiger partial charge >= 0.3 is 0 Å². The van der Waals surface area contributed by atoms with Crippen LogP contribution in [-0.2, 0) is 6.54 Å². The molecule has 0 unspecified atom stereocenters. The molecule has 0 amide bonds.